The molecule has 1 aliphatic rings. The first kappa shape index (κ1) is 19.6. The molecule has 1 N–H and O–H groups in total. The van der Waals surface area contributed by atoms with Gasteiger partial charge in [0, 0.05) is 16.6 Å². The maximum atomic E-state index is 4.75. The van der Waals surface area contributed by atoms with Crippen LogP contribution in [0.2, 0.25) is 0 Å². The van der Waals surface area contributed by atoms with Gasteiger partial charge in [-0.05, 0) is 81.3 Å². The van der Waals surface area contributed by atoms with Gasteiger partial charge in [0.1, 0.15) is 0 Å². The van der Waals surface area contributed by atoms with Crippen molar-refractivity contribution < 1.29 is 0 Å². The zero-order valence-corrected chi connectivity index (χ0v) is 18.5. The van der Waals surface area contributed by atoms with Crippen LogP contribution in [0, 0.1) is 27.7 Å². The summed E-state index contributed by atoms with van der Waals surface area (Å²) in [6, 6.07) is 15.1. The van der Waals surface area contributed by atoms with Gasteiger partial charge in [-0.15, -0.1) is 0 Å². The molecule has 0 amide bonds. The van der Waals surface area contributed by atoms with Crippen molar-refractivity contribution in [3.8, 4) is 11.3 Å². The van der Waals surface area contributed by atoms with E-state index < -0.39 is 0 Å². The standard InChI is InChI=1S/C26H27N5/c1-15-12-22-18(4)28-26(30-24(22)13-16(15)2)31-25-27-17(3)14-23(29-25)21-10-8-20(9-11-21)19-6-5-7-19/h8-14,19H,5-7H2,1-4H3,(H,27,28,29,30,31). The van der Waals surface area contributed by atoms with Gasteiger partial charge in [-0.25, -0.2) is 19.9 Å². The number of nitrogens with zero attached hydrogens (tertiary/aromatic N) is 4. The Labute approximate surface area is 183 Å². The molecule has 0 aliphatic heterocycles. The number of benzene rings is 2. The first-order chi connectivity index (χ1) is 15.0. The van der Waals surface area contributed by atoms with Gasteiger partial charge in [0.05, 0.1) is 16.9 Å². The van der Waals surface area contributed by atoms with Crippen LogP contribution in [0.1, 0.15) is 53.3 Å². The summed E-state index contributed by atoms with van der Waals surface area (Å²) in [6.07, 6.45) is 3.97. The lowest BCUT2D eigenvalue weighted by Gasteiger charge is -2.25. The highest BCUT2D eigenvalue weighted by Gasteiger charge is 2.19. The Morgan fingerprint density at radius 3 is 2.19 bits per heavy atom. The van der Waals surface area contributed by atoms with E-state index in [9.17, 15) is 0 Å². The van der Waals surface area contributed by atoms with E-state index in [0.29, 0.717) is 11.9 Å². The molecule has 0 spiro atoms. The molecule has 156 valence electrons. The van der Waals surface area contributed by atoms with E-state index in [2.05, 4.69) is 65.5 Å². The van der Waals surface area contributed by atoms with Gasteiger partial charge in [-0.2, -0.15) is 0 Å². The van der Waals surface area contributed by atoms with E-state index >= 15 is 0 Å². The minimum Gasteiger partial charge on any atom is -0.293 e. The fourth-order valence-corrected chi connectivity index (χ4v) is 4.14. The highest BCUT2D eigenvalue weighted by Crippen LogP contribution is 2.37. The summed E-state index contributed by atoms with van der Waals surface area (Å²) in [6.45, 7) is 8.21. The highest BCUT2D eigenvalue weighted by atomic mass is 15.2. The molecule has 2 aromatic carbocycles. The van der Waals surface area contributed by atoms with Crippen LogP contribution < -0.4 is 5.32 Å². The molecule has 0 atom stereocenters. The van der Waals surface area contributed by atoms with Gasteiger partial charge < -0.3 is 0 Å². The Morgan fingerprint density at radius 2 is 1.48 bits per heavy atom. The summed E-state index contributed by atoms with van der Waals surface area (Å²) in [4.78, 5) is 18.7. The van der Waals surface area contributed by atoms with Gasteiger partial charge in [0.15, 0.2) is 0 Å². The fourth-order valence-electron chi connectivity index (χ4n) is 4.14. The molecular formula is C26H27N5. The van der Waals surface area contributed by atoms with E-state index in [-0.39, 0.29) is 0 Å². The normalized spacial score (nSPS) is 13.9. The van der Waals surface area contributed by atoms with Crippen LogP contribution in [0.4, 0.5) is 11.9 Å². The van der Waals surface area contributed by atoms with Crippen molar-refractivity contribution in [2.75, 3.05) is 5.32 Å². The molecule has 2 heterocycles. The summed E-state index contributed by atoms with van der Waals surface area (Å²) >= 11 is 0. The second kappa shape index (κ2) is 7.73. The van der Waals surface area contributed by atoms with Crippen molar-refractivity contribution in [1.29, 1.82) is 0 Å². The summed E-state index contributed by atoms with van der Waals surface area (Å²) in [5.74, 6) is 1.77. The van der Waals surface area contributed by atoms with Gasteiger partial charge in [-0.1, -0.05) is 30.7 Å². The SMILES string of the molecule is Cc1cc(-c2ccc(C3CCC3)cc2)nc(Nc2nc(C)c3cc(C)c(C)cc3n2)n1. The number of aromatic nitrogens is 4. The van der Waals surface area contributed by atoms with E-state index in [4.69, 9.17) is 9.97 Å². The highest BCUT2D eigenvalue weighted by molar-refractivity contribution is 5.83. The largest absolute Gasteiger partial charge is 0.293 e. The maximum Gasteiger partial charge on any atom is 0.230 e. The number of nitrogens with one attached hydrogen (secondary N) is 1. The molecule has 0 unspecified atom stereocenters. The van der Waals surface area contributed by atoms with Crippen molar-refractivity contribution in [1.82, 2.24) is 19.9 Å². The van der Waals surface area contributed by atoms with E-state index in [1.807, 2.05) is 19.9 Å². The summed E-state index contributed by atoms with van der Waals surface area (Å²) in [5, 5.41) is 4.30. The molecule has 31 heavy (non-hydrogen) atoms. The van der Waals surface area contributed by atoms with Crippen LogP contribution in [-0.2, 0) is 0 Å². The molecule has 0 radical (unpaired) electrons. The zero-order chi connectivity index (χ0) is 21.5. The Morgan fingerprint density at radius 1 is 0.774 bits per heavy atom. The van der Waals surface area contributed by atoms with Crippen molar-refractivity contribution in [2.45, 2.75) is 52.9 Å². The summed E-state index contributed by atoms with van der Waals surface area (Å²) < 4.78 is 0. The molecule has 5 rings (SSSR count). The molecule has 1 aliphatic carbocycles. The van der Waals surface area contributed by atoms with Crippen molar-refractivity contribution in [3.05, 3.63) is 70.5 Å². The van der Waals surface area contributed by atoms with Crippen LogP contribution in [0.3, 0.4) is 0 Å². The van der Waals surface area contributed by atoms with Crippen molar-refractivity contribution in [2.24, 2.45) is 0 Å². The van der Waals surface area contributed by atoms with Crippen LogP contribution in [0.15, 0.2) is 42.5 Å². The molecule has 0 bridgehead atoms. The molecule has 0 saturated heterocycles. The van der Waals surface area contributed by atoms with Crippen LogP contribution >= 0.6 is 0 Å². The smallest absolute Gasteiger partial charge is 0.230 e. The third-order valence-electron chi connectivity index (χ3n) is 6.36. The van der Waals surface area contributed by atoms with Crippen molar-refractivity contribution in [3.63, 3.8) is 0 Å². The summed E-state index contributed by atoms with van der Waals surface area (Å²) in [7, 11) is 0. The second-order valence-electron chi connectivity index (χ2n) is 8.68. The molecule has 5 heteroatoms. The molecule has 1 fully saturated rings. The lowest BCUT2D eigenvalue weighted by atomic mass is 9.80. The number of anilines is 2. The molecule has 5 nitrogen and oxygen atoms in total. The Balaban J connectivity index is 1.46. The third-order valence-corrected chi connectivity index (χ3v) is 6.36. The predicted molar refractivity (Wildman–Crippen MR) is 126 cm³/mol. The Hall–Kier alpha value is -3.34. The van der Waals surface area contributed by atoms with Gasteiger partial charge in [0.25, 0.3) is 0 Å². The lowest BCUT2D eigenvalue weighted by Crippen LogP contribution is -2.08. The topological polar surface area (TPSA) is 63.6 Å². The predicted octanol–water partition coefficient (Wildman–Crippen LogP) is 6.33. The molecule has 2 aromatic heterocycles. The third kappa shape index (κ3) is 3.88. The fraction of sp³-hybridized carbons (Fsp3) is 0.308. The van der Waals surface area contributed by atoms with Gasteiger partial charge in [-0.3, -0.25) is 5.32 Å². The average molecular weight is 410 g/mol. The van der Waals surface area contributed by atoms with E-state index in [1.165, 1.54) is 36.0 Å². The van der Waals surface area contributed by atoms with Gasteiger partial charge >= 0.3 is 0 Å². The minimum atomic E-state index is 0.514. The maximum absolute atomic E-state index is 4.75. The quantitative estimate of drug-likeness (QED) is 0.426. The van der Waals surface area contributed by atoms with Crippen LogP contribution in [0.5, 0.6) is 0 Å². The minimum absolute atomic E-state index is 0.514. The molecule has 1 saturated carbocycles. The molecule has 4 aromatic rings. The van der Waals surface area contributed by atoms with Gasteiger partial charge in [0.2, 0.25) is 11.9 Å². The number of rotatable bonds is 4. The van der Waals surface area contributed by atoms with E-state index in [1.54, 1.807) is 0 Å². The number of aryl methyl sites for hydroxylation is 4. The average Bonchev–Trinajstić information content (AvgIpc) is 2.68. The van der Waals surface area contributed by atoms with Crippen LogP contribution in [0.25, 0.3) is 22.2 Å². The Bertz CT molecular complexity index is 1270. The zero-order valence-electron chi connectivity index (χ0n) is 18.5. The Kier molecular flexibility index (Phi) is 4.89. The van der Waals surface area contributed by atoms with Crippen LogP contribution in [-0.4, -0.2) is 19.9 Å². The summed E-state index contributed by atoms with van der Waals surface area (Å²) in [5.41, 5.74) is 8.67. The first-order valence-electron chi connectivity index (χ1n) is 10.9. The number of fused-ring (bicyclic) bond motifs is 1. The number of hydrogen-bond donors (Lipinski definition) is 1. The lowest BCUT2D eigenvalue weighted by molar-refractivity contribution is 0.420. The number of hydrogen-bond acceptors (Lipinski definition) is 5. The molecular weight excluding hydrogens is 382 g/mol. The first-order valence-corrected chi connectivity index (χ1v) is 10.9. The second-order valence-corrected chi connectivity index (χ2v) is 8.68. The van der Waals surface area contributed by atoms with E-state index in [0.717, 1.165) is 39.5 Å². The monoisotopic (exact) mass is 409 g/mol. The van der Waals surface area contributed by atoms with Crippen molar-refractivity contribution >= 4 is 22.8 Å².